The molecule has 0 atom stereocenters. The summed E-state index contributed by atoms with van der Waals surface area (Å²) in [6.07, 6.45) is 5.30. The van der Waals surface area contributed by atoms with E-state index in [9.17, 15) is 0 Å². The molecule has 2 rings (SSSR count). The molecule has 1 aliphatic rings. The first-order valence-corrected chi connectivity index (χ1v) is 5.93. The zero-order chi connectivity index (χ0) is 11.4. The Balaban J connectivity index is 1.84. The van der Waals surface area contributed by atoms with Crippen molar-refractivity contribution in [1.29, 1.82) is 5.26 Å². The van der Waals surface area contributed by atoms with Crippen molar-refractivity contribution in [3.63, 3.8) is 0 Å². The minimum Gasteiger partial charge on any atom is -0.494 e. The van der Waals surface area contributed by atoms with Gasteiger partial charge in [0.1, 0.15) is 5.75 Å². The maximum absolute atomic E-state index is 8.81. The molecule has 84 valence electrons. The summed E-state index contributed by atoms with van der Waals surface area (Å²) in [5.41, 5.74) is 1.72. The zero-order valence-electron chi connectivity index (χ0n) is 9.70. The summed E-state index contributed by atoms with van der Waals surface area (Å²) in [5.74, 6) is 1.77. The topological polar surface area (TPSA) is 33.0 Å². The fraction of sp³-hybridized carbons (Fsp3) is 0.500. The molecule has 1 aromatic carbocycles. The molecular formula is C14H17NO. The molecular weight excluding hydrogens is 198 g/mol. The molecule has 0 aromatic heterocycles. The summed E-state index contributed by atoms with van der Waals surface area (Å²) in [5, 5.41) is 8.81. The van der Waals surface area contributed by atoms with Gasteiger partial charge < -0.3 is 4.74 Å². The fourth-order valence-electron chi connectivity index (χ4n) is 1.98. The van der Waals surface area contributed by atoms with Crippen LogP contribution in [0, 0.1) is 24.2 Å². The van der Waals surface area contributed by atoms with Gasteiger partial charge in [-0.3, -0.25) is 0 Å². The summed E-state index contributed by atoms with van der Waals surface area (Å²) in [6.45, 7) is 2.74. The normalized spacial score (nSPS) is 15.2. The first-order valence-electron chi connectivity index (χ1n) is 5.93. The lowest BCUT2D eigenvalue weighted by Gasteiger charge is -2.25. The largest absolute Gasteiger partial charge is 0.494 e. The molecule has 0 spiro atoms. The Hall–Kier alpha value is -1.49. The van der Waals surface area contributed by atoms with E-state index in [1.54, 1.807) is 0 Å². The minimum atomic E-state index is 0.728. The second-order valence-corrected chi connectivity index (χ2v) is 4.52. The lowest BCUT2D eigenvalue weighted by molar-refractivity contribution is 0.222. The van der Waals surface area contributed by atoms with Crippen molar-refractivity contribution in [1.82, 2.24) is 0 Å². The molecule has 0 saturated heterocycles. The van der Waals surface area contributed by atoms with Crippen LogP contribution in [0.4, 0.5) is 0 Å². The average molecular weight is 215 g/mol. The molecule has 2 nitrogen and oxygen atoms in total. The summed E-state index contributed by atoms with van der Waals surface area (Å²) in [6, 6.07) is 7.81. The molecule has 0 unspecified atom stereocenters. The van der Waals surface area contributed by atoms with Gasteiger partial charge in [-0.2, -0.15) is 5.26 Å². The van der Waals surface area contributed by atoms with Crippen LogP contribution in [0.25, 0.3) is 0 Å². The van der Waals surface area contributed by atoms with Gasteiger partial charge in [0.15, 0.2) is 0 Å². The Kier molecular flexibility index (Phi) is 3.46. The second kappa shape index (κ2) is 5.03. The number of ether oxygens (including phenoxy) is 1. The van der Waals surface area contributed by atoms with Gasteiger partial charge in [0, 0.05) is 0 Å². The molecule has 16 heavy (non-hydrogen) atoms. The van der Waals surface area contributed by atoms with Crippen molar-refractivity contribution < 1.29 is 4.74 Å². The van der Waals surface area contributed by atoms with E-state index in [0.29, 0.717) is 0 Å². The highest BCUT2D eigenvalue weighted by molar-refractivity contribution is 5.41. The summed E-state index contributed by atoms with van der Waals surface area (Å²) in [7, 11) is 0. The Morgan fingerprint density at radius 2 is 2.25 bits per heavy atom. The van der Waals surface area contributed by atoms with Crippen molar-refractivity contribution in [2.75, 3.05) is 6.61 Å². The van der Waals surface area contributed by atoms with Crippen LogP contribution in [0.3, 0.4) is 0 Å². The van der Waals surface area contributed by atoms with Crippen molar-refractivity contribution in [3.8, 4) is 11.8 Å². The van der Waals surface area contributed by atoms with Crippen LogP contribution in [-0.2, 0) is 0 Å². The van der Waals surface area contributed by atoms with Gasteiger partial charge in [-0.15, -0.1) is 0 Å². The molecule has 0 aliphatic heterocycles. The predicted molar refractivity (Wildman–Crippen MR) is 63.3 cm³/mol. The number of rotatable bonds is 4. The molecule has 1 aliphatic carbocycles. The number of aryl methyl sites for hydroxylation is 1. The van der Waals surface area contributed by atoms with Crippen LogP contribution in [-0.4, -0.2) is 6.61 Å². The second-order valence-electron chi connectivity index (χ2n) is 4.52. The molecule has 0 heterocycles. The Bertz CT molecular complexity index is 402. The van der Waals surface area contributed by atoms with E-state index in [0.717, 1.165) is 29.4 Å². The number of hydrogen-bond acceptors (Lipinski definition) is 2. The van der Waals surface area contributed by atoms with Gasteiger partial charge in [0.2, 0.25) is 0 Å². The average Bonchev–Trinajstić information content (AvgIpc) is 2.22. The van der Waals surface area contributed by atoms with Crippen LogP contribution in [0.15, 0.2) is 18.2 Å². The molecule has 0 N–H and O–H groups in total. The van der Waals surface area contributed by atoms with Gasteiger partial charge in [-0.25, -0.2) is 0 Å². The third kappa shape index (κ3) is 2.55. The van der Waals surface area contributed by atoms with Gasteiger partial charge in [0.25, 0.3) is 0 Å². The summed E-state index contributed by atoms with van der Waals surface area (Å²) >= 11 is 0. The highest BCUT2D eigenvalue weighted by Crippen LogP contribution is 2.29. The van der Waals surface area contributed by atoms with E-state index in [1.165, 1.54) is 25.7 Å². The van der Waals surface area contributed by atoms with Crippen LogP contribution >= 0.6 is 0 Å². The van der Waals surface area contributed by atoms with Crippen molar-refractivity contribution in [3.05, 3.63) is 29.3 Å². The summed E-state index contributed by atoms with van der Waals surface area (Å²) in [4.78, 5) is 0. The van der Waals surface area contributed by atoms with E-state index >= 15 is 0 Å². The summed E-state index contributed by atoms with van der Waals surface area (Å²) < 4.78 is 5.68. The predicted octanol–water partition coefficient (Wildman–Crippen LogP) is 3.44. The number of nitriles is 1. The van der Waals surface area contributed by atoms with Crippen LogP contribution in [0.1, 0.15) is 36.8 Å². The van der Waals surface area contributed by atoms with Crippen molar-refractivity contribution >= 4 is 0 Å². The lowest BCUT2D eigenvalue weighted by Crippen LogP contribution is -2.14. The molecule has 0 radical (unpaired) electrons. The molecule has 1 saturated carbocycles. The number of hydrogen-bond donors (Lipinski definition) is 0. The van der Waals surface area contributed by atoms with Crippen molar-refractivity contribution in [2.24, 2.45) is 5.92 Å². The zero-order valence-corrected chi connectivity index (χ0v) is 9.70. The maximum atomic E-state index is 8.81. The standard InChI is InChI=1S/C14H17NO/c1-11-9-14(6-5-13(11)10-15)16-8-7-12-3-2-4-12/h5-6,9,12H,2-4,7-8H2,1H3. The van der Waals surface area contributed by atoms with Crippen molar-refractivity contribution in [2.45, 2.75) is 32.6 Å². The minimum absolute atomic E-state index is 0.728. The molecule has 0 bridgehead atoms. The Morgan fingerprint density at radius 3 is 2.81 bits per heavy atom. The third-order valence-corrected chi connectivity index (χ3v) is 3.34. The first kappa shape index (κ1) is 11.0. The monoisotopic (exact) mass is 215 g/mol. The quantitative estimate of drug-likeness (QED) is 0.770. The molecule has 2 heteroatoms. The third-order valence-electron chi connectivity index (χ3n) is 3.34. The van der Waals surface area contributed by atoms with Gasteiger partial charge in [-0.05, 0) is 43.0 Å². The van der Waals surface area contributed by atoms with E-state index in [1.807, 2.05) is 25.1 Å². The SMILES string of the molecule is Cc1cc(OCCC2CCC2)ccc1C#N. The van der Waals surface area contributed by atoms with Crippen LogP contribution in [0.2, 0.25) is 0 Å². The number of nitrogens with zero attached hydrogens (tertiary/aromatic N) is 1. The highest BCUT2D eigenvalue weighted by Gasteiger charge is 2.16. The molecule has 1 aromatic rings. The van der Waals surface area contributed by atoms with Crippen LogP contribution in [0.5, 0.6) is 5.75 Å². The number of benzene rings is 1. The van der Waals surface area contributed by atoms with E-state index in [2.05, 4.69) is 6.07 Å². The Morgan fingerprint density at radius 1 is 1.44 bits per heavy atom. The fourth-order valence-corrected chi connectivity index (χ4v) is 1.98. The lowest BCUT2D eigenvalue weighted by atomic mass is 9.83. The Labute approximate surface area is 96.9 Å². The van der Waals surface area contributed by atoms with E-state index < -0.39 is 0 Å². The van der Waals surface area contributed by atoms with Gasteiger partial charge >= 0.3 is 0 Å². The van der Waals surface area contributed by atoms with Gasteiger partial charge in [-0.1, -0.05) is 19.3 Å². The highest BCUT2D eigenvalue weighted by atomic mass is 16.5. The smallest absolute Gasteiger partial charge is 0.119 e. The van der Waals surface area contributed by atoms with E-state index in [4.69, 9.17) is 10.00 Å². The van der Waals surface area contributed by atoms with Gasteiger partial charge in [0.05, 0.1) is 18.2 Å². The van der Waals surface area contributed by atoms with E-state index in [-0.39, 0.29) is 0 Å². The molecule has 0 amide bonds. The molecule has 1 fully saturated rings. The first-order chi connectivity index (χ1) is 7.79. The maximum Gasteiger partial charge on any atom is 0.119 e. The van der Waals surface area contributed by atoms with Crippen LogP contribution < -0.4 is 4.74 Å².